The van der Waals surface area contributed by atoms with E-state index in [1.54, 1.807) is 26.4 Å². The second-order valence-corrected chi connectivity index (χ2v) is 5.88. The molecule has 0 aliphatic rings. The van der Waals surface area contributed by atoms with E-state index in [1.165, 1.54) is 4.68 Å². The van der Waals surface area contributed by atoms with Crippen molar-refractivity contribution in [3.63, 3.8) is 0 Å². The van der Waals surface area contributed by atoms with Crippen LogP contribution in [0, 0.1) is 0 Å². The SMILES string of the molecule is COc1ccc(CCCCOc2nn(-c3ccccc3)c(=O)o2)cc1OC. The minimum absolute atomic E-state index is 0.0185. The number of hydrogen-bond donors (Lipinski definition) is 0. The maximum absolute atomic E-state index is 11.9. The van der Waals surface area contributed by atoms with Crippen molar-refractivity contribution in [3.8, 4) is 23.3 Å². The molecule has 7 heteroatoms. The Hall–Kier alpha value is -3.22. The van der Waals surface area contributed by atoms with Gasteiger partial charge in [-0.05, 0) is 49.1 Å². The van der Waals surface area contributed by atoms with Gasteiger partial charge in [-0.2, -0.15) is 4.68 Å². The fraction of sp³-hybridized carbons (Fsp3) is 0.300. The molecule has 2 aromatic carbocycles. The van der Waals surface area contributed by atoms with Crippen LogP contribution in [-0.2, 0) is 6.42 Å². The number of ether oxygens (including phenoxy) is 3. The molecule has 0 saturated carbocycles. The molecule has 0 atom stereocenters. The first-order valence-electron chi connectivity index (χ1n) is 8.70. The third-order valence-electron chi connectivity index (χ3n) is 4.06. The van der Waals surface area contributed by atoms with E-state index in [0.717, 1.165) is 30.6 Å². The van der Waals surface area contributed by atoms with Crippen LogP contribution in [0.3, 0.4) is 0 Å². The summed E-state index contributed by atoms with van der Waals surface area (Å²) in [5.41, 5.74) is 1.79. The molecule has 0 amide bonds. The first-order valence-corrected chi connectivity index (χ1v) is 8.70. The highest BCUT2D eigenvalue weighted by Gasteiger charge is 2.10. The Kier molecular flexibility index (Phi) is 6.14. The Labute approximate surface area is 157 Å². The average Bonchev–Trinajstić information content (AvgIpc) is 3.08. The van der Waals surface area contributed by atoms with Crippen LogP contribution >= 0.6 is 0 Å². The van der Waals surface area contributed by atoms with Crippen molar-refractivity contribution in [1.82, 2.24) is 9.78 Å². The van der Waals surface area contributed by atoms with Gasteiger partial charge in [0.1, 0.15) is 0 Å². The molecule has 0 saturated heterocycles. The Balaban J connectivity index is 1.48. The van der Waals surface area contributed by atoms with Crippen LogP contribution in [0.1, 0.15) is 18.4 Å². The highest BCUT2D eigenvalue weighted by molar-refractivity contribution is 5.42. The van der Waals surface area contributed by atoms with Gasteiger partial charge < -0.3 is 18.6 Å². The van der Waals surface area contributed by atoms with Crippen molar-refractivity contribution in [1.29, 1.82) is 0 Å². The predicted octanol–water partition coefficient (Wildman–Crippen LogP) is 3.24. The van der Waals surface area contributed by atoms with E-state index < -0.39 is 5.76 Å². The lowest BCUT2D eigenvalue weighted by Gasteiger charge is -2.09. The number of hydrogen-bond acceptors (Lipinski definition) is 6. The van der Waals surface area contributed by atoms with Gasteiger partial charge in [0, 0.05) is 0 Å². The number of methoxy groups -OCH3 is 2. The summed E-state index contributed by atoms with van der Waals surface area (Å²) in [7, 11) is 3.24. The summed E-state index contributed by atoms with van der Waals surface area (Å²) in [4.78, 5) is 11.9. The molecule has 0 N–H and O–H groups in total. The minimum Gasteiger partial charge on any atom is -0.493 e. The van der Waals surface area contributed by atoms with Crippen molar-refractivity contribution in [2.24, 2.45) is 0 Å². The second kappa shape index (κ2) is 8.93. The van der Waals surface area contributed by atoms with Gasteiger partial charge in [-0.3, -0.25) is 0 Å². The van der Waals surface area contributed by atoms with Gasteiger partial charge in [-0.25, -0.2) is 4.79 Å². The third-order valence-corrected chi connectivity index (χ3v) is 4.06. The maximum Gasteiger partial charge on any atom is 0.444 e. The standard InChI is InChI=1S/C20H22N2O5/c1-24-17-12-11-15(14-18(17)25-2)8-6-7-13-26-19-21-22(20(23)27-19)16-9-4-3-5-10-16/h3-5,9-12,14H,6-8,13H2,1-2H3. The average molecular weight is 370 g/mol. The fourth-order valence-corrected chi connectivity index (χ4v) is 2.68. The second-order valence-electron chi connectivity index (χ2n) is 5.88. The smallest absolute Gasteiger partial charge is 0.444 e. The molecule has 27 heavy (non-hydrogen) atoms. The fourth-order valence-electron chi connectivity index (χ4n) is 2.68. The normalized spacial score (nSPS) is 10.6. The quantitative estimate of drug-likeness (QED) is 0.538. The number of unbranched alkanes of at least 4 members (excludes halogenated alkanes) is 1. The van der Waals surface area contributed by atoms with Gasteiger partial charge in [0.25, 0.3) is 0 Å². The van der Waals surface area contributed by atoms with Crippen LogP contribution in [0.2, 0.25) is 0 Å². The van der Waals surface area contributed by atoms with Crippen LogP contribution in [0.25, 0.3) is 5.69 Å². The molecular formula is C20H22N2O5. The molecule has 0 unspecified atom stereocenters. The van der Waals surface area contributed by atoms with Gasteiger partial charge >= 0.3 is 11.8 Å². The first-order chi connectivity index (χ1) is 13.2. The number of rotatable bonds is 9. The first kappa shape index (κ1) is 18.6. The lowest BCUT2D eigenvalue weighted by Crippen LogP contribution is -2.12. The van der Waals surface area contributed by atoms with Crippen molar-refractivity contribution < 1.29 is 18.6 Å². The maximum atomic E-state index is 11.9. The summed E-state index contributed by atoms with van der Waals surface area (Å²) in [6.45, 7) is 0.419. The van der Waals surface area contributed by atoms with E-state index in [1.807, 2.05) is 36.4 Å². The highest BCUT2D eigenvalue weighted by Crippen LogP contribution is 2.28. The number of para-hydroxylation sites is 1. The van der Waals surface area contributed by atoms with Crippen molar-refractivity contribution in [3.05, 3.63) is 64.6 Å². The molecule has 0 aliphatic heterocycles. The monoisotopic (exact) mass is 370 g/mol. The van der Waals surface area contributed by atoms with Crippen LogP contribution in [-0.4, -0.2) is 30.6 Å². The Morgan fingerprint density at radius 2 is 1.78 bits per heavy atom. The molecule has 0 fully saturated rings. The molecule has 3 rings (SSSR count). The van der Waals surface area contributed by atoms with Crippen LogP contribution < -0.4 is 20.0 Å². The summed E-state index contributed by atoms with van der Waals surface area (Å²) in [5, 5.41) is 4.06. The van der Waals surface area contributed by atoms with Crippen LogP contribution in [0.15, 0.2) is 57.7 Å². The van der Waals surface area contributed by atoms with Gasteiger partial charge in [0.05, 0.1) is 26.5 Å². The zero-order chi connectivity index (χ0) is 19.1. The predicted molar refractivity (Wildman–Crippen MR) is 100 cm³/mol. The van der Waals surface area contributed by atoms with Gasteiger partial charge in [-0.1, -0.05) is 29.4 Å². The number of nitrogens with zero attached hydrogens (tertiary/aromatic N) is 2. The molecule has 1 aromatic heterocycles. The van der Waals surface area contributed by atoms with Gasteiger partial charge in [0.15, 0.2) is 11.5 Å². The molecule has 1 heterocycles. The molecule has 3 aromatic rings. The molecule has 0 radical (unpaired) electrons. The summed E-state index contributed by atoms with van der Waals surface area (Å²) in [5.74, 6) is 0.870. The van der Waals surface area contributed by atoms with Crippen LogP contribution in [0.5, 0.6) is 17.6 Å². The topological polar surface area (TPSA) is 75.7 Å². The summed E-state index contributed by atoms with van der Waals surface area (Å²) in [6.07, 6.45) is 2.58. The highest BCUT2D eigenvalue weighted by atomic mass is 16.6. The van der Waals surface area contributed by atoms with Gasteiger partial charge in [0.2, 0.25) is 0 Å². The van der Waals surface area contributed by atoms with E-state index in [4.69, 9.17) is 18.6 Å². The van der Waals surface area contributed by atoms with E-state index in [9.17, 15) is 4.79 Å². The van der Waals surface area contributed by atoms with Crippen molar-refractivity contribution in [2.45, 2.75) is 19.3 Å². The molecule has 0 spiro atoms. The Bertz CT molecular complexity index is 918. The Morgan fingerprint density at radius 3 is 2.52 bits per heavy atom. The number of aryl methyl sites for hydroxylation is 1. The van der Waals surface area contributed by atoms with Crippen molar-refractivity contribution >= 4 is 0 Å². The minimum atomic E-state index is -0.568. The van der Waals surface area contributed by atoms with Gasteiger partial charge in [-0.15, -0.1) is 0 Å². The Morgan fingerprint density at radius 1 is 1.00 bits per heavy atom. The third kappa shape index (κ3) is 4.69. The molecule has 0 bridgehead atoms. The van der Waals surface area contributed by atoms with E-state index in [-0.39, 0.29) is 6.08 Å². The molecule has 7 nitrogen and oxygen atoms in total. The summed E-state index contributed by atoms with van der Waals surface area (Å²) in [6, 6.07) is 15.0. The summed E-state index contributed by atoms with van der Waals surface area (Å²) < 4.78 is 22.2. The molecular weight excluding hydrogens is 348 g/mol. The molecule has 142 valence electrons. The van der Waals surface area contributed by atoms with E-state index in [0.29, 0.717) is 18.0 Å². The summed E-state index contributed by atoms with van der Waals surface area (Å²) >= 11 is 0. The number of benzene rings is 2. The van der Waals surface area contributed by atoms with Crippen molar-refractivity contribution in [2.75, 3.05) is 20.8 Å². The lowest BCUT2D eigenvalue weighted by molar-refractivity contribution is 0.220. The zero-order valence-corrected chi connectivity index (χ0v) is 15.4. The largest absolute Gasteiger partial charge is 0.493 e. The zero-order valence-electron chi connectivity index (χ0n) is 15.4. The van der Waals surface area contributed by atoms with Crippen LogP contribution in [0.4, 0.5) is 0 Å². The van der Waals surface area contributed by atoms with E-state index in [2.05, 4.69) is 5.10 Å². The lowest BCUT2D eigenvalue weighted by atomic mass is 10.1. The molecule has 0 aliphatic carbocycles. The number of aromatic nitrogens is 2. The van der Waals surface area contributed by atoms with E-state index >= 15 is 0 Å².